The van der Waals surface area contributed by atoms with Gasteiger partial charge in [0, 0.05) is 0 Å². The predicted octanol–water partition coefficient (Wildman–Crippen LogP) is 3.15. The van der Waals surface area contributed by atoms with Crippen LogP contribution in [0.3, 0.4) is 0 Å². The first-order valence-electron chi connectivity index (χ1n) is 9.44. The largest absolute Gasteiger partial charge is 0.480 e. The summed E-state index contributed by atoms with van der Waals surface area (Å²) < 4.78 is 5.04. The zero-order chi connectivity index (χ0) is 20.6. The molecule has 0 aliphatic carbocycles. The second-order valence-electron chi connectivity index (χ2n) is 7.43. The third-order valence-electron chi connectivity index (χ3n) is 4.30. The second kappa shape index (κ2) is 10.7. The first-order valence-corrected chi connectivity index (χ1v) is 9.44. The summed E-state index contributed by atoms with van der Waals surface area (Å²) in [5.74, 6) is -2.97. The van der Waals surface area contributed by atoms with E-state index in [2.05, 4.69) is 19.2 Å². The Hall–Kier alpha value is -2.37. The molecule has 6 nitrogen and oxygen atoms in total. The zero-order valence-electron chi connectivity index (χ0n) is 16.8. The first-order chi connectivity index (χ1) is 12.6. The lowest BCUT2D eigenvalue weighted by Crippen LogP contribution is -2.47. The number of esters is 1. The molecule has 6 heteroatoms. The fourth-order valence-electron chi connectivity index (χ4n) is 2.77. The molecule has 1 rings (SSSR count). The lowest BCUT2D eigenvalue weighted by molar-refractivity contribution is -0.154. The van der Waals surface area contributed by atoms with Gasteiger partial charge in [-0.1, -0.05) is 52.0 Å². The highest BCUT2D eigenvalue weighted by molar-refractivity contribution is 5.99. The number of carbonyl (C=O) groups excluding carboxylic acids is 2. The molecule has 0 radical (unpaired) electrons. The molecular weight excluding hydrogens is 346 g/mol. The number of carbonyl (C=O) groups is 3. The van der Waals surface area contributed by atoms with Gasteiger partial charge in [0.05, 0.1) is 6.61 Å². The van der Waals surface area contributed by atoms with Gasteiger partial charge in [0.1, 0.15) is 12.0 Å². The third-order valence-corrected chi connectivity index (χ3v) is 4.30. The van der Waals surface area contributed by atoms with Crippen LogP contribution in [-0.4, -0.2) is 35.6 Å². The van der Waals surface area contributed by atoms with E-state index >= 15 is 0 Å². The van der Waals surface area contributed by atoms with Gasteiger partial charge in [-0.15, -0.1) is 0 Å². The molecule has 0 saturated heterocycles. The van der Waals surface area contributed by atoms with Crippen molar-refractivity contribution in [2.75, 3.05) is 6.61 Å². The van der Waals surface area contributed by atoms with E-state index in [1.165, 1.54) is 5.56 Å². The minimum Gasteiger partial charge on any atom is -0.480 e. The van der Waals surface area contributed by atoms with E-state index in [9.17, 15) is 19.5 Å². The van der Waals surface area contributed by atoms with Crippen LogP contribution in [0.15, 0.2) is 24.3 Å². The van der Waals surface area contributed by atoms with Gasteiger partial charge in [-0.3, -0.25) is 9.59 Å². The Morgan fingerprint density at radius 3 is 2.11 bits per heavy atom. The van der Waals surface area contributed by atoms with Crippen molar-refractivity contribution >= 4 is 17.8 Å². The normalized spacial score (nSPS) is 13.3. The summed E-state index contributed by atoms with van der Waals surface area (Å²) >= 11 is 0. The van der Waals surface area contributed by atoms with Crippen LogP contribution in [-0.2, 0) is 25.5 Å². The molecule has 27 heavy (non-hydrogen) atoms. The van der Waals surface area contributed by atoms with Crippen molar-refractivity contribution in [3.05, 3.63) is 35.4 Å². The summed E-state index contributed by atoms with van der Waals surface area (Å²) in [6, 6.07) is 6.69. The Balaban J connectivity index is 2.96. The van der Waals surface area contributed by atoms with Crippen molar-refractivity contribution in [3.8, 4) is 0 Å². The molecule has 0 saturated carbocycles. The van der Waals surface area contributed by atoms with Crippen molar-refractivity contribution in [3.63, 3.8) is 0 Å². The molecule has 0 aliphatic heterocycles. The molecule has 0 bridgehead atoms. The minimum atomic E-state index is -1.11. The van der Waals surface area contributed by atoms with Gasteiger partial charge in [0.2, 0.25) is 5.91 Å². The van der Waals surface area contributed by atoms with Gasteiger partial charge in [-0.25, -0.2) is 4.79 Å². The standard InChI is InChI=1S/C21H31NO5/c1-6-27-21(26)17(12-15-7-9-16(10-8-15)14(4)5)19(23)22-18(20(24)25)11-13(2)3/h7-10,13-14,17-18H,6,11-12H2,1-5H3,(H,22,23)(H,24,25). The fourth-order valence-corrected chi connectivity index (χ4v) is 2.77. The van der Waals surface area contributed by atoms with Crippen LogP contribution in [0.4, 0.5) is 0 Å². The van der Waals surface area contributed by atoms with Crippen molar-refractivity contribution in [1.29, 1.82) is 0 Å². The van der Waals surface area contributed by atoms with E-state index in [1.807, 2.05) is 38.1 Å². The van der Waals surface area contributed by atoms with Crippen LogP contribution in [0, 0.1) is 11.8 Å². The Morgan fingerprint density at radius 1 is 1.07 bits per heavy atom. The molecule has 2 unspecified atom stereocenters. The number of carboxylic acids is 1. The van der Waals surface area contributed by atoms with Gasteiger partial charge >= 0.3 is 11.9 Å². The Bertz CT molecular complexity index is 636. The molecular formula is C21H31NO5. The Kier molecular flexibility index (Phi) is 8.98. The van der Waals surface area contributed by atoms with E-state index in [0.717, 1.165) is 5.56 Å². The highest BCUT2D eigenvalue weighted by atomic mass is 16.5. The lowest BCUT2D eigenvalue weighted by Gasteiger charge is -2.21. The van der Waals surface area contributed by atoms with E-state index in [0.29, 0.717) is 12.3 Å². The number of amides is 1. The molecule has 0 fully saturated rings. The van der Waals surface area contributed by atoms with Crippen molar-refractivity contribution in [1.82, 2.24) is 5.32 Å². The SMILES string of the molecule is CCOC(=O)C(Cc1ccc(C(C)C)cc1)C(=O)NC(CC(C)C)C(=O)O. The third kappa shape index (κ3) is 7.41. The van der Waals surface area contributed by atoms with Gasteiger partial charge in [-0.05, 0) is 42.7 Å². The molecule has 150 valence electrons. The minimum absolute atomic E-state index is 0.0935. The Morgan fingerprint density at radius 2 is 1.67 bits per heavy atom. The lowest BCUT2D eigenvalue weighted by atomic mass is 9.95. The van der Waals surface area contributed by atoms with E-state index in [-0.39, 0.29) is 18.9 Å². The predicted molar refractivity (Wildman–Crippen MR) is 103 cm³/mol. The highest BCUT2D eigenvalue weighted by Gasteiger charge is 2.32. The van der Waals surface area contributed by atoms with Gasteiger partial charge in [0.25, 0.3) is 0 Å². The molecule has 1 amide bonds. The monoisotopic (exact) mass is 377 g/mol. The number of carboxylic acid groups (broad SMARTS) is 1. The quantitative estimate of drug-likeness (QED) is 0.483. The number of hydrogen-bond donors (Lipinski definition) is 2. The topological polar surface area (TPSA) is 92.7 Å². The molecule has 0 aromatic heterocycles. The highest BCUT2D eigenvalue weighted by Crippen LogP contribution is 2.18. The average molecular weight is 377 g/mol. The number of rotatable bonds is 10. The van der Waals surface area contributed by atoms with Crippen molar-refractivity contribution in [2.45, 2.75) is 59.4 Å². The van der Waals surface area contributed by atoms with E-state index < -0.39 is 29.8 Å². The van der Waals surface area contributed by atoms with Crippen LogP contribution < -0.4 is 5.32 Å². The van der Waals surface area contributed by atoms with Crippen LogP contribution in [0.5, 0.6) is 0 Å². The van der Waals surface area contributed by atoms with Crippen molar-refractivity contribution < 1.29 is 24.2 Å². The summed E-state index contributed by atoms with van der Waals surface area (Å²) in [5, 5.41) is 11.8. The number of aliphatic carboxylic acids is 1. The van der Waals surface area contributed by atoms with E-state index in [1.54, 1.807) is 6.92 Å². The van der Waals surface area contributed by atoms with Crippen LogP contribution >= 0.6 is 0 Å². The van der Waals surface area contributed by atoms with Gasteiger partial charge in [0.15, 0.2) is 0 Å². The zero-order valence-corrected chi connectivity index (χ0v) is 16.8. The van der Waals surface area contributed by atoms with Crippen LogP contribution in [0.1, 0.15) is 58.1 Å². The number of ether oxygens (including phenoxy) is 1. The molecule has 2 N–H and O–H groups in total. The van der Waals surface area contributed by atoms with Crippen molar-refractivity contribution in [2.24, 2.45) is 11.8 Å². The smallest absolute Gasteiger partial charge is 0.326 e. The fraction of sp³-hybridized carbons (Fsp3) is 0.571. The maximum atomic E-state index is 12.7. The maximum Gasteiger partial charge on any atom is 0.326 e. The molecule has 1 aromatic rings. The molecule has 0 heterocycles. The summed E-state index contributed by atoms with van der Waals surface area (Å²) in [6.45, 7) is 9.75. The molecule has 2 atom stereocenters. The number of nitrogens with one attached hydrogen (secondary N) is 1. The summed E-state index contributed by atoms with van der Waals surface area (Å²) in [7, 11) is 0. The van der Waals surface area contributed by atoms with Gasteiger partial charge in [-0.2, -0.15) is 0 Å². The maximum absolute atomic E-state index is 12.7. The molecule has 1 aromatic carbocycles. The summed E-state index contributed by atoms with van der Waals surface area (Å²) in [5.41, 5.74) is 1.99. The van der Waals surface area contributed by atoms with Gasteiger partial charge < -0.3 is 15.2 Å². The van der Waals surface area contributed by atoms with Crippen LogP contribution in [0.25, 0.3) is 0 Å². The second-order valence-corrected chi connectivity index (χ2v) is 7.43. The average Bonchev–Trinajstić information content (AvgIpc) is 2.59. The van der Waals surface area contributed by atoms with Crippen LogP contribution in [0.2, 0.25) is 0 Å². The first kappa shape index (κ1) is 22.7. The number of benzene rings is 1. The number of hydrogen-bond acceptors (Lipinski definition) is 4. The van der Waals surface area contributed by atoms with E-state index in [4.69, 9.17) is 4.74 Å². The molecule has 0 aliphatic rings. The summed E-state index contributed by atoms with van der Waals surface area (Å²) in [4.78, 5) is 36.4. The molecule has 0 spiro atoms. The Labute approximate surface area is 161 Å². The summed E-state index contributed by atoms with van der Waals surface area (Å²) in [6.07, 6.45) is 0.455.